The lowest BCUT2D eigenvalue weighted by molar-refractivity contribution is -0.0510. The fourth-order valence-electron chi connectivity index (χ4n) is 2.59. The fraction of sp³-hybridized carbons (Fsp3) is 0.375. The van der Waals surface area contributed by atoms with E-state index < -0.39 is 0 Å². The summed E-state index contributed by atoms with van der Waals surface area (Å²) in [7, 11) is 0. The number of hydrogen-bond acceptors (Lipinski definition) is 3. The Kier molecular flexibility index (Phi) is 3.11. The van der Waals surface area contributed by atoms with E-state index in [1.165, 1.54) is 10.4 Å². The molecule has 1 aromatic carbocycles. The van der Waals surface area contributed by atoms with Gasteiger partial charge in [0.1, 0.15) is 0 Å². The molecule has 3 heteroatoms. The number of anilines is 1. The van der Waals surface area contributed by atoms with Crippen molar-refractivity contribution in [3.63, 3.8) is 0 Å². The number of hydrogen-bond donors (Lipinski definition) is 2. The molecule has 0 spiro atoms. The van der Waals surface area contributed by atoms with Crippen LogP contribution >= 0.6 is 11.3 Å². The first kappa shape index (κ1) is 12.7. The maximum atomic E-state index is 9.84. The summed E-state index contributed by atoms with van der Waals surface area (Å²) in [6.45, 7) is 4.24. The van der Waals surface area contributed by atoms with Gasteiger partial charge >= 0.3 is 0 Å². The number of thiophene rings is 1. The summed E-state index contributed by atoms with van der Waals surface area (Å²) in [5.74, 6) is 0. The monoisotopic (exact) mass is 273 g/mol. The smallest absolute Gasteiger partial charge is 0.0630 e. The van der Waals surface area contributed by atoms with E-state index in [2.05, 4.69) is 60.9 Å². The lowest BCUT2D eigenvalue weighted by Gasteiger charge is -2.50. The van der Waals surface area contributed by atoms with Crippen LogP contribution < -0.4 is 5.32 Å². The van der Waals surface area contributed by atoms with E-state index in [9.17, 15) is 5.11 Å². The Bertz CT molecular complexity index is 562. The van der Waals surface area contributed by atoms with E-state index >= 15 is 0 Å². The maximum Gasteiger partial charge on any atom is 0.0630 e. The average Bonchev–Trinajstić information content (AvgIpc) is 2.93. The van der Waals surface area contributed by atoms with Crippen molar-refractivity contribution in [3.05, 3.63) is 41.8 Å². The molecule has 1 aromatic heterocycles. The molecule has 100 valence electrons. The fourth-order valence-corrected chi connectivity index (χ4v) is 3.36. The number of aliphatic hydroxyl groups excluding tert-OH is 1. The van der Waals surface area contributed by atoms with Crippen molar-refractivity contribution in [1.82, 2.24) is 0 Å². The molecule has 0 aliphatic heterocycles. The SMILES string of the molecule is CC1(C)C(O)CC1Nc1ccccc1-c1cccs1. The zero-order valence-electron chi connectivity index (χ0n) is 11.3. The molecule has 2 nitrogen and oxygen atoms in total. The Labute approximate surface area is 118 Å². The van der Waals surface area contributed by atoms with E-state index in [1.807, 2.05) is 0 Å². The Morgan fingerprint density at radius 1 is 1.21 bits per heavy atom. The lowest BCUT2D eigenvalue weighted by Crippen LogP contribution is -2.56. The summed E-state index contributed by atoms with van der Waals surface area (Å²) in [6.07, 6.45) is 0.630. The van der Waals surface area contributed by atoms with Gasteiger partial charge in [-0.05, 0) is 23.9 Å². The summed E-state index contributed by atoms with van der Waals surface area (Å²) in [4.78, 5) is 1.28. The summed E-state index contributed by atoms with van der Waals surface area (Å²) in [6, 6.07) is 13.0. The molecule has 1 saturated carbocycles. The Balaban J connectivity index is 1.87. The van der Waals surface area contributed by atoms with Crippen LogP contribution in [-0.4, -0.2) is 17.3 Å². The Morgan fingerprint density at radius 3 is 2.63 bits per heavy atom. The third-order valence-corrected chi connectivity index (χ3v) is 5.16. The normalized spacial score (nSPS) is 24.8. The second-order valence-electron chi connectivity index (χ2n) is 5.79. The second kappa shape index (κ2) is 4.66. The molecule has 1 aliphatic rings. The zero-order valence-corrected chi connectivity index (χ0v) is 12.1. The average molecular weight is 273 g/mol. The van der Waals surface area contributed by atoms with E-state index in [4.69, 9.17) is 0 Å². The van der Waals surface area contributed by atoms with Crippen LogP contribution in [-0.2, 0) is 0 Å². The molecule has 2 N–H and O–H groups in total. The van der Waals surface area contributed by atoms with Crippen LogP contribution in [0, 0.1) is 5.41 Å². The Hall–Kier alpha value is -1.32. The standard InChI is InChI=1S/C16H19NOS/c1-16(2)14(10-15(16)18)17-12-7-4-3-6-11(12)13-8-5-9-19-13/h3-9,14-15,17-18H,10H2,1-2H3. The van der Waals surface area contributed by atoms with Crippen LogP contribution in [0.25, 0.3) is 10.4 Å². The van der Waals surface area contributed by atoms with Crippen LogP contribution in [0.2, 0.25) is 0 Å². The first-order chi connectivity index (χ1) is 9.09. The van der Waals surface area contributed by atoms with Crippen molar-refractivity contribution in [2.75, 3.05) is 5.32 Å². The predicted octanol–water partition coefficient (Wildman–Crippen LogP) is 3.99. The molecule has 1 aliphatic carbocycles. The number of nitrogens with one attached hydrogen (secondary N) is 1. The molecule has 1 heterocycles. The molecule has 0 saturated heterocycles. The van der Waals surface area contributed by atoms with Crippen LogP contribution in [0.5, 0.6) is 0 Å². The lowest BCUT2D eigenvalue weighted by atomic mass is 9.64. The highest BCUT2D eigenvalue weighted by atomic mass is 32.1. The third kappa shape index (κ3) is 2.17. The summed E-state index contributed by atoms with van der Waals surface area (Å²) < 4.78 is 0. The van der Waals surface area contributed by atoms with Gasteiger partial charge in [-0.25, -0.2) is 0 Å². The molecule has 2 aromatic rings. The first-order valence-corrected chi connectivity index (χ1v) is 7.54. The highest BCUT2D eigenvalue weighted by molar-refractivity contribution is 7.13. The molecule has 3 rings (SSSR count). The summed E-state index contributed by atoms with van der Waals surface area (Å²) in [5, 5.41) is 15.5. The summed E-state index contributed by atoms with van der Waals surface area (Å²) >= 11 is 1.75. The van der Waals surface area contributed by atoms with E-state index in [0.29, 0.717) is 6.04 Å². The maximum absolute atomic E-state index is 9.84. The van der Waals surface area contributed by atoms with Gasteiger partial charge in [0.25, 0.3) is 0 Å². The van der Waals surface area contributed by atoms with E-state index in [0.717, 1.165) is 12.1 Å². The van der Waals surface area contributed by atoms with Crippen LogP contribution in [0.15, 0.2) is 41.8 Å². The number of rotatable bonds is 3. The van der Waals surface area contributed by atoms with Crippen molar-refractivity contribution in [2.45, 2.75) is 32.4 Å². The van der Waals surface area contributed by atoms with Gasteiger partial charge in [0, 0.05) is 27.6 Å². The van der Waals surface area contributed by atoms with Crippen molar-refractivity contribution in [3.8, 4) is 10.4 Å². The topological polar surface area (TPSA) is 32.3 Å². The van der Waals surface area contributed by atoms with Gasteiger partial charge < -0.3 is 10.4 Å². The van der Waals surface area contributed by atoms with Gasteiger partial charge in [-0.3, -0.25) is 0 Å². The third-order valence-electron chi connectivity index (χ3n) is 4.26. The highest BCUT2D eigenvalue weighted by Crippen LogP contribution is 2.43. The first-order valence-electron chi connectivity index (χ1n) is 6.66. The van der Waals surface area contributed by atoms with Gasteiger partial charge in [0.15, 0.2) is 0 Å². The molecule has 0 amide bonds. The highest BCUT2D eigenvalue weighted by Gasteiger charge is 2.47. The Morgan fingerprint density at radius 2 is 2.00 bits per heavy atom. The quantitative estimate of drug-likeness (QED) is 0.886. The van der Waals surface area contributed by atoms with Gasteiger partial charge in [-0.1, -0.05) is 38.1 Å². The largest absolute Gasteiger partial charge is 0.392 e. The molecule has 0 bridgehead atoms. The molecule has 2 atom stereocenters. The molecule has 1 fully saturated rings. The zero-order chi connectivity index (χ0) is 13.5. The van der Waals surface area contributed by atoms with Crippen molar-refractivity contribution >= 4 is 17.0 Å². The minimum atomic E-state index is -0.195. The van der Waals surface area contributed by atoms with Crippen LogP contribution in [0.4, 0.5) is 5.69 Å². The molecular weight excluding hydrogens is 254 g/mol. The number of benzene rings is 1. The predicted molar refractivity (Wildman–Crippen MR) is 81.6 cm³/mol. The van der Waals surface area contributed by atoms with Gasteiger partial charge in [-0.15, -0.1) is 11.3 Å². The summed E-state index contributed by atoms with van der Waals surface area (Å²) in [5.41, 5.74) is 2.35. The van der Waals surface area contributed by atoms with E-state index in [-0.39, 0.29) is 11.5 Å². The minimum absolute atomic E-state index is 0.0530. The van der Waals surface area contributed by atoms with Crippen LogP contribution in [0.3, 0.4) is 0 Å². The minimum Gasteiger partial charge on any atom is -0.392 e. The van der Waals surface area contributed by atoms with E-state index in [1.54, 1.807) is 11.3 Å². The molecule has 2 unspecified atom stereocenters. The molecule has 0 radical (unpaired) electrons. The van der Waals surface area contributed by atoms with Crippen LogP contribution in [0.1, 0.15) is 20.3 Å². The van der Waals surface area contributed by atoms with Crippen molar-refractivity contribution < 1.29 is 5.11 Å². The van der Waals surface area contributed by atoms with Crippen molar-refractivity contribution in [1.29, 1.82) is 0 Å². The van der Waals surface area contributed by atoms with Crippen molar-refractivity contribution in [2.24, 2.45) is 5.41 Å². The second-order valence-corrected chi connectivity index (χ2v) is 6.74. The molecular formula is C16H19NOS. The van der Waals surface area contributed by atoms with Gasteiger partial charge in [0.05, 0.1) is 6.10 Å². The van der Waals surface area contributed by atoms with Gasteiger partial charge in [0.2, 0.25) is 0 Å². The number of para-hydroxylation sites is 1. The number of aliphatic hydroxyl groups is 1. The van der Waals surface area contributed by atoms with Gasteiger partial charge in [-0.2, -0.15) is 0 Å². The molecule has 19 heavy (non-hydrogen) atoms.